The summed E-state index contributed by atoms with van der Waals surface area (Å²) in [6.07, 6.45) is 7.61. The van der Waals surface area contributed by atoms with Crippen molar-refractivity contribution >= 4 is 23.9 Å². The Kier molecular flexibility index (Phi) is 11.0. The van der Waals surface area contributed by atoms with Crippen molar-refractivity contribution in [2.24, 2.45) is 5.92 Å². The first kappa shape index (κ1) is 32.5. The molecule has 0 bridgehead atoms. The Morgan fingerprint density at radius 3 is 2.20 bits per heavy atom. The Hall–Kier alpha value is -4.40. The zero-order chi connectivity index (χ0) is 31.8. The van der Waals surface area contributed by atoms with E-state index in [4.69, 9.17) is 4.74 Å². The van der Waals surface area contributed by atoms with Crippen molar-refractivity contribution in [2.75, 3.05) is 27.2 Å². The van der Waals surface area contributed by atoms with Crippen LogP contribution in [0.15, 0.2) is 72.3 Å². The van der Waals surface area contributed by atoms with Crippen molar-refractivity contribution in [3.05, 3.63) is 83.5 Å². The van der Waals surface area contributed by atoms with Gasteiger partial charge in [0, 0.05) is 33.0 Å². The molecule has 9 heteroatoms. The maximum absolute atomic E-state index is 13.3. The fourth-order valence-electron chi connectivity index (χ4n) is 5.91. The zero-order valence-corrected chi connectivity index (χ0v) is 26.0. The van der Waals surface area contributed by atoms with Gasteiger partial charge in [-0.15, -0.1) is 0 Å². The third-order valence-electron chi connectivity index (χ3n) is 8.51. The normalized spacial score (nSPS) is 15.1. The van der Waals surface area contributed by atoms with Crippen molar-refractivity contribution < 1.29 is 29.0 Å². The molecule has 0 radical (unpaired) electrons. The van der Waals surface area contributed by atoms with Gasteiger partial charge in [0.1, 0.15) is 18.7 Å². The first-order valence-electron chi connectivity index (χ1n) is 15.3. The van der Waals surface area contributed by atoms with E-state index in [2.05, 4.69) is 17.4 Å². The molecule has 234 valence electrons. The predicted molar refractivity (Wildman–Crippen MR) is 169 cm³/mol. The average molecular weight is 602 g/mol. The molecule has 0 saturated carbocycles. The highest BCUT2D eigenvalue weighted by Gasteiger charge is 2.32. The van der Waals surface area contributed by atoms with Crippen LogP contribution >= 0.6 is 0 Å². The number of carboxylic acid groups (broad SMARTS) is 1. The van der Waals surface area contributed by atoms with Crippen LogP contribution in [0.2, 0.25) is 0 Å². The van der Waals surface area contributed by atoms with E-state index in [1.165, 1.54) is 16.8 Å². The molecule has 0 aromatic heterocycles. The summed E-state index contributed by atoms with van der Waals surface area (Å²) in [5.74, 6) is -1.89. The number of carbonyl (C=O) groups excluding carboxylic acids is 3. The number of hydrogen-bond donors (Lipinski definition) is 2. The Morgan fingerprint density at radius 1 is 1.00 bits per heavy atom. The lowest BCUT2D eigenvalue weighted by molar-refractivity contribution is -0.149. The smallest absolute Gasteiger partial charge is 0.407 e. The molecule has 2 aromatic rings. The van der Waals surface area contributed by atoms with Gasteiger partial charge >= 0.3 is 12.1 Å². The highest BCUT2D eigenvalue weighted by atomic mass is 16.5. The van der Waals surface area contributed by atoms with Crippen LogP contribution in [0, 0.1) is 5.92 Å². The molecule has 2 atom stereocenters. The van der Waals surface area contributed by atoms with E-state index in [1.54, 1.807) is 7.05 Å². The second kappa shape index (κ2) is 14.9. The van der Waals surface area contributed by atoms with Gasteiger partial charge in [-0.05, 0) is 53.9 Å². The van der Waals surface area contributed by atoms with E-state index < -0.39 is 24.1 Å². The molecular weight excluding hydrogens is 558 g/mol. The van der Waals surface area contributed by atoms with Crippen molar-refractivity contribution in [1.82, 2.24) is 15.1 Å². The lowest BCUT2D eigenvalue weighted by Crippen LogP contribution is -2.50. The third kappa shape index (κ3) is 7.75. The van der Waals surface area contributed by atoms with Gasteiger partial charge < -0.3 is 25.0 Å². The fraction of sp³-hybridized carbons (Fsp3) is 0.429. The van der Waals surface area contributed by atoms with Crippen LogP contribution < -0.4 is 5.32 Å². The molecule has 0 fully saturated rings. The number of ether oxygens (including phenoxy) is 1. The number of hydrogen-bond acceptors (Lipinski definition) is 5. The summed E-state index contributed by atoms with van der Waals surface area (Å²) >= 11 is 0. The van der Waals surface area contributed by atoms with Gasteiger partial charge in [0.25, 0.3) is 0 Å². The monoisotopic (exact) mass is 601 g/mol. The summed E-state index contributed by atoms with van der Waals surface area (Å²) in [7, 11) is 3.15. The van der Waals surface area contributed by atoms with Gasteiger partial charge in [0.05, 0.1) is 0 Å². The largest absolute Gasteiger partial charge is 0.480 e. The third-order valence-corrected chi connectivity index (χ3v) is 8.51. The Balaban J connectivity index is 1.27. The van der Waals surface area contributed by atoms with E-state index in [-0.39, 0.29) is 49.6 Å². The molecular formula is C35H43N3O6. The number of benzene rings is 2. The van der Waals surface area contributed by atoms with E-state index in [9.17, 15) is 24.3 Å². The Bertz CT molecular complexity index is 1390. The number of fused-ring (bicyclic) bond motifs is 3. The van der Waals surface area contributed by atoms with Crippen LogP contribution in [-0.2, 0) is 19.1 Å². The van der Waals surface area contributed by atoms with Crippen LogP contribution in [0.5, 0.6) is 0 Å². The first-order valence-corrected chi connectivity index (χ1v) is 15.3. The number of aliphatic carboxylic acids is 1. The van der Waals surface area contributed by atoms with Crippen LogP contribution in [0.3, 0.4) is 0 Å². The molecule has 4 rings (SSSR count). The molecule has 3 amide bonds. The quantitative estimate of drug-likeness (QED) is 0.319. The number of alkyl carbamates (subject to hydrolysis) is 1. The van der Waals surface area contributed by atoms with Gasteiger partial charge in [-0.2, -0.15) is 0 Å². The highest BCUT2D eigenvalue weighted by Crippen LogP contribution is 2.44. The van der Waals surface area contributed by atoms with Crippen LogP contribution in [-0.4, -0.2) is 78.1 Å². The highest BCUT2D eigenvalue weighted by molar-refractivity contribution is 5.86. The van der Waals surface area contributed by atoms with Crippen molar-refractivity contribution in [3.8, 4) is 11.1 Å². The average Bonchev–Trinajstić information content (AvgIpc) is 3.34. The number of allylic oxidation sites excluding steroid dienone is 3. The molecule has 0 unspecified atom stereocenters. The Morgan fingerprint density at radius 2 is 1.64 bits per heavy atom. The van der Waals surface area contributed by atoms with Gasteiger partial charge in [-0.1, -0.05) is 86.2 Å². The van der Waals surface area contributed by atoms with Crippen molar-refractivity contribution in [3.63, 3.8) is 0 Å². The number of likely N-dealkylation sites (N-methyl/N-ethyl adjacent to an activating group) is 2. The van der Waals surface area contributed by atoms with Crippen molar-refractivity contribution in [1.29, 1.82) is 0 Å². The van der Waals surface area contributed by atoms with Crippen LogP contribution in [0.1, 0.15) is 63.0 Å². The second-order valence-electron chi connectivity index (χ2n) is 11.9. The molecule has 0 heterocycles. The first-order chi connectivity index (χ1) is 21.1. The lowest BCUT2D eigenvalue weighted by Gasteiger charge is -2.28. The molecule has 0 aliphatic heterocycles. The number of amides is 3. The zero-order valence-electron chi connectivity index (χ0n) is 26.0. The summed E-state index contributed by atoms with van der Waals surface area (Å²) in [6.45, 7) is 4.13. The number of rotatable bonds is 13. The van der Waals surface area contributed by atoms with E-state index in [0.717, 1.165) is 40.7 Å². The SMILES string of the molecule is CC(C)[C@H](NC(=O)OCC1c2ccccc2-c2ccccc21)C(=O)N(C)CCCC(=O)N(C)[C@@H](CC1=CC=CCC1)C(=O)O. The summed E-state index contributed by atoms with van der Waals surface area (Å²) in [4.78, 5) is 53.8. The number of nitrogens with one attached hydrogen (secondary N) is 1. The van der Waals surface area contributed by atoms with E-state index in [1.807, 2.05) is 68.5 Å². The minimum Gasteiger partial charge on any atom is -0.480 e. The summed E-state index contributed by atoms with van der Waals surface area (Å²) in [6, 6.07) is 14.4. The van der Waals surface area contributed by atoms with Crippen molar-refractivity contribution in [2.45, 2.75) is 64.0 Å². The minimum atomic E-state index is -1.04. The fourth-order valence-corrected chi connectivity index (χ4v) is 5.91. The summed E-state index contributed by atoms with van der Waals surface area (Å²) in [5, 5.41) is 12.5. The molecule has 0 spiro atoms. The molecule has 0 saturated heterocycles. The van der Waals surface area contributed by atoms with E-state index >= 15 is 0 Å². The van der Waals surface area contributed by atoms with Crippen LogP contribution in [0.25, 0.3) is 11.1 Å². The van der Waals surface area contributed by atoms with Gasteiger partial charge in [0.2, 0.25) is 11.8 Å². The maximum Gasteiger partial charge on any atom is 0.407 e. The summed E-state index contributed by atoms with van der Waals surface area (Å²) in [5.41, 5.74) is 5.49. The Labute approximate surface area is 259 Å². The lowest BCUT2D eigenvalue weighted by atomic mass is 9.97. The molecule has 44 heavy (non-hydrogen) atoms. The molecule has 2 aliphatic rings. The minimum absolute atomic E-state index is 0.0864. The second-order valence-corrected chi connectivity index (χ2v) is 11.9. The topological polar surface area (TPSA) is 116 Å². The van der Waals surface area contributed by atoms with Gasteiger partial charge in [-0.3, -0.25) is 9.59 Å². The molecule has 2 N–H and O–H groups in total. The summed E-state index contributed by atoms with van der Waals surface area (Å²) < 4.78 is 5.66. The standard InChI is InChI=1S/C35H43N3O6/c1-23(2)32(36-35(43)44-22-29-27-17-10-8-15-25(27)26-16-9-11-18-28(26)29)33(40)37(3)20-12-19-31(39)38(4)30(34(41)42)21-24-13-6-5-7-14-24/h5-6,8-11,13,15-18,23,29-30,32H,7,12,14,19-22H2,1-4H3,(H,36,43)(H,41,42)/t30-,32-/m0/s1. The number of carboxylic acids is 1. The van der Waals surface area contributed by atoms with Crippen LogP contribution in [0.4, 0.5) is 4.79 Å². The molecule has 2 aromatic carbocycles. The van der Waals surface area contributed by atoms with Gasteiger partial charge in [-0.25, -0.2) is 9.59 Å². The maximum atomic E-state index is 13.3. The number of carbonyl (C=O) groups is 4. The molecule has 9 nitrogen and oxygen atoms in total. The van der Waals surface area contributed by atoms with Gasteiger partial charge in [0.15, 0.2) is 0 Å². The molecule has 2 aliphatic carbocycles. The predicted octanol–water partition coefficient (Wildman–Crippen LogP) is 5.37. The number of nitrogens with zero attached hydrogens (tertiary/aromatic N) is 2. The van der Waals surface area contributed by atoms with E-state index in [0.29, 0.717) is 6.42 Å².